The van der Waals surface area contributed by atoms with Gasteiger partial charge in [0.1, 0.15) is 6.17 Å². The highest BCUT2D eigenvalue weighted by atomic mass is 16.6. The van der Waals surface area contributed by atoms with Crippen molar-refractivity contribution in [1.82, 2.24) is 10.2 Å². The molecular weight excluding hydrogens is 703 g/mol. The van der Waals surface area contributed by atoms with Gasteiger partial charge in [-0.1, -0.05) is 60.6 Å². The molecule has 10 nitrogen and oxygen atoms in total. The number of carbonyl (C=O) groups is 2. The SMILES string of the molecule is CC(C)C1=C2C(C3NC=C(c4ccc(C#N)cc4)N3C)(CC[C@]3(C)C2(N)CC[C@]2(N)C4(C)CC[C@H](OC(O)CC(C)(C)C(=O)O)C(C)(C)C4CCC32C)CC1=O. The van der Waals surface area contributed by atoms with Gasteiger partial charge in [0, 0.05) is 42.6 Å². The number of nitrogens with zero attached hydrogens (tertiary/aromatic N) is 2. The Bertz CT molecular complexity index is 1910. The molecule has 7 N–H and O–H groups in total. The van der Waals surface area contributed by atoms with Crippen LogP contribution in [0.4, 0.5) is 0 Å². The third-order valence-electron chi connectivity index (χ3n) is 17.7. The lowest BCUT2D eigenvalue weighted by molar-refractivity contribution is -0.267. The fourth-order valence-electron chi connectivity index (χ4n) is 14.2. The van der Waals surface area contributed by atoms with E-state index in [1.807, 2.05) is 24.3 Å². The zero-order valence-corrected chi connectivity index (χ0v) is 35.5. The Kier molecular flexibility index (Phi) is 9.42. The van der Waals surface area contributed by atoms with Gasteiger partial charge in [-0.2, -0.15) is 5.26 Å². The lowest BCUT2D eigenvalue weighted by atomic mass is 9.29. The van der Waals surface area contributed by atoms with Crippen LogP contribution in [-0.2, 0) is 14.3 Å². The Morgan fingerprint density at radius 2 is 1.68 bits per heavy atom. The van der Waals surface area contributed by atoms with Crippen molar-refractivity contribution in [2.45, 2.75) is 156 Å². The summed E-state index contributed by atoms with van der Waals surface area (Å²) in [4.78, 5) is 28.6. The molecule has 10 atom stereocenters. The molecule has 1 aromatic rings. The van der Waals surface area contributed by atoms with Gasteiger partial charge in [-0.3, -0.25) is 9.59 Å². The summed E-state index contributed by atoms with van der Waals surface area (Å²) in [5, 5.41) is 33.9. The average Bonchev–Trinajstić information content (AvgIpc) is 3.66. The van der Waals surface area contributed by atoms with E-state index in [-0.39, 0.29) is 52.6 Å². The van der Waals surface area contributed by atoms with Crippen LogP contribution in [0.15, 0.2) is 41.6 Å². The van der Waals surface area contributed by atoms with E-state index in [0.29, 0.717) is 18.4 Å². The Morgan fingerprint density at radius 1 is 1.02 bits per heavy atom. The van der Waals surface area contributed by atoms with Crippen molar-refractivity contribution < 1.29 is 24.5 Å². The molecule has 0 saturated heterocycles. The smallest absolute Gasteiger partial charge is 0.309 e. The topological polar surface area (TPSA) is 175 Å². The van der Waals surface area contributed by atoms with E-state index in [0.717, 1.165) is 67.4 Å². The first-order valence-corrected chi connectivity index (χ1v) is 21.0. The monoisotopic (exact) mass is 770 g/mol. The number of allylic oxidation sites excluding steroid dienone is 1. The number of carbonyl (C=O) groups excluding carboxylic acids is 1. The van der Waals surface area contributed by atoms with Crippen LogP contribution in [-0.4, -0.2) is 63.6 Å². The molecule has 1 aromatic carbocycles. The van der Waals surface area contributed by atoms with Gasteiger partial charge in [0.05, 0.1) is 28.8 Å². The summed E-state index contributed by atoms with van der Waals surface area (Å²) in [6, 6.07) is 9.90. The maximum atomic E-state index is 14.5. The number of ether oxygens (including phenoxy) is 1. The van der Waals surface area contributed by atoms with Crippen molar-refractivity contribution >= 4 is 17.4 Å². The number of nitriles is 1. The van der Waals surface area contributed by atoms with Crippen LogP contribution in [0.1, 0.15) is 138 Å². The summed E-state index contributed by atoms with van der Waals surface area (Å²) < 4.78 is 6.38. The normalized spacial score (nSPS) is 40.9. The van der Waals surface area contributed by atoms with Gasteiger partial charge in [0.25, 0.3) is 0 Å². The Balaban J connectivity index is 1.24. The van der Waals surface area contributed by atoms with Crippen molar-refractivity contribution in [3.63, 3.8) is 0 Å². The molecule has 0 spiro atoms. The van der Waals surface area contributed by atoms with E-state index in [1.165, 1.54) is 0 Å². The number of hydrogen-bond acceptors (Lipinski definition) is 9. The molecule has 1 heterocycles. The van der Waals surface area contributed by atoms with Gasteiger partial charge in [-0.25, -0.2) is 0 Å². The molecule has 306 valence electrons. The molecule has 56 heavy (non-hydrogen) atoms. The second-order valence-electron chi connectivity index (χ2n) is 21.0. The lowest BCUT2D eigenvalue weighted by Gasteiger charge is -2.78. The quantitative estimate of drug-likeness (QED) is 0.172. The first-order valence-electron chi connectivity index (χ1n) is 21.0. The number of hydrogen-bond donors (Lipinski definition) is 5. The minimum Gasteiger partial charge on any atom is -0.481 e. The summed E-state index contributed by atoms with van der Waals surface area (Å²) in [6.07, 6.45) is 7.41. The number of nitrogens with one attached hydrogen (secondary N) is 1. The zero-order valence-electron chi connectivity index (χ0n) is 35.5. The van der Waals surface area contributed by atoms with E-state index < -0.39 is 39.6 Å². The summed E-state index contributed by atoms with van der Waals surface area (Å²) in [6.45, 7) is 19.3. The van der Waals surface area contributed by atoms with Crippen molar-refractivity contribution in [1.29, 1.82) is 5.26 Å². The van der Waals surface area contributed by atoms with Crippen molar-refractivity contribution in [2.24, 2.45) is 55.8 Å². The number of Topliss-reactive ketones (excluding diaryl/α,β-unsaturated/α-hetero) is 1. The van der Waals surface area contributed by atoms with Crippen LogP contribution in [0.2, 0.25) is 0 Å². The molecule has 0 amide bonds. The number of benzene rings is 1. The highest BCUT2D eigenvalue weighted by Crippen LogP contribution is 2.78. The molecule has 4 fully saturated rings. The van der Waals surface area contributed by atoms with Crippen LogP contribution >= 0.6 is 0 Å². The van der Waals surface area contributed by atoms with Crippen LogP contribution in [0.5, 0.6) is 0 Å². The maximum absolute atomic E-state index is 14.5. The number of aliphatic carboxylic acids is 1. The fraction of sp³-hybridized carbons (Fsp3) is 0.717. The number of nitrogens with two attached hydrogens (primary N) is 2. The molecule has 4 saturated carbocycles. The van der Waals surface area contributed by atoms with E-state index >= 15 is 0 Å². The third kappa shape index (κ3) is 5.18. The largest absolute Gasteiger partial charge is 0.481 e. The molecule has 10 heteroatoms. The Hall–Kier alpha value is -3.23. The number of aliphatic hydroxyl groups is 1. The van der Waals surface area contributed by atoms with Crippen LogP contribution in [0.25, 0.3) is 5.70 Å². The number of carboxylic acids is 1. The number of fused-ring (bicyclic) bond motifs is 7. The second-order valence-corrected chi connectivity index (χ2v) is 21.0. The van der Waals surface area contributed by atoms with Gasteiger partial charge in [0.15, 0.2) is 12.1 Å². The second kappa shape index (κ2) is 12.9. The molecule has 7 rings (SSSR count). The number of ketones is 1. The predicted octanol–water partition coefficient (Wildman–Crippen LogP) is 7.07. The van der Waals surface area contributed by atoms with Gasteiger partial charge >= 0.3 is 5.97 Å². The predicted molar refractivity (Wildman–Crippen MR) is 217 cm³/mol. The summed E-state index contributed by atoms with van der Waals surface area (Å²) in [7, 11) is 2.11. The minimum absolute atomic E-state index is 0.0177. The molecule has 0 bridgehead atoms. The van der Waals surface area contributed by atoms with E-state index in [2.05, 4.69) is 78.0 Å². The molecule has 6 aliphatic rings. The molecule has 0 aromatic heterocycles. The molecule has 1 aliphatic heterocycles. The number of rotatable bonds is 8. The zero-order chi connectivity index (χ0) is 41.2. The molecule has 5 aliphatic carbocycles. The van der Waals surface area contributed by atoms with Gasteiger partial charge in [-0.05, 0) is 128 Å². The van der Waals surface area contributed by atoms with E-state index in [4.69, 9.17) is 16.2 Å². The van der Waals surface area contributed by atoms with E-state index in [1.54, 1.807) is 13.8 Å². The average molecular weight is 770 g/mol. The standard InChI is InChI=1S/C46H67N5O5/c1-27(2)35-31(52)23-44(37-50-26-30(51(37)10)29-13-11-28(25-47)12-14-29)20-19-42(8)43(9)18-15-32-40(5,6)33(56-34(53)24-39(3,4)38(54)55)16-17-41(32,7)46(43,49)22-21-45(42,48)36(35)44/h11-14,26-27,32-34,37,50,53H,15-24,48-49H2,1-10H3,(H,54,55)/t32?,33-,34?,37?,41?,42-,43?,44?,45?,46-/m0/s1. The Morgan fingerprint density at radius 3 is 2.29 bits per heavy atom. The van der Waals surface area contributed by atoms with Crippen LogP contribution in [0.3, 0.4) is 0 Å². The van der Waals surface area contributed by atoms with Gasteiger partial charge < -0.3 is 36.6 Å². The van der Waals surface area contributed by atoms with Crippen LogP contribution < -0.4 is 16.8 Å². The number of carboxylic acid groups (broad SMARTS) is 1. The van der Waals surface area contributed by atoms with Crippen LogP contribution in [0, 0.1) is 55.7 Å². The molecule has 7 unspecified atom stereocenters. The summed E-state index contributed by atoms with van der Waals surface area (Å²) in [5.41, 5.74) is 16.8. The Labute approximate surface area is 334 Å². The molecular formula is C46H67N5O5. The van der Waals surface area contributed by atoms with Gasteiger partial charge in [0.2, 0.25) is 0 Å². The highest BCUT2D eigenvalue weighted by molar-refractivity contribution is 6.01. The summed E-state index contributed by atoms with van der Waals surface area (Å²) in [5.74, 6) is -0.503. The number of aliphatic hydroxyl groups excluding tert-OH is 1. The maximum Gasteiger partial charge on any atom is 0.309 e. The summed E-state index contributed by atoms with van der Waals surface area (Å²) >= 11 is 0. The van der Waals surface area contributed by atoms with Gasteiger partial charge in [-0.15, -0.1) is 0 Å². The van der Waals surface area contributed by atoms with E-state index in [9.17, 15) is 25.1 Å². The molecule has 0 radical (unpaired) electrons. The lowest BCUT2D eigenvalue weighted by Crippen LogP contribution is -2.83. The highest BCUT2D eigenvalue weighted by Gasteiger charge is 2.78. The van der Waals surface area contributed by atoms with Crippen molar-refractivity contribution in [3.05, 3.63) is 52.7 Å². The first kappa shape index (κ1) is 40.9. The third-order valence-corrected chi connectivity index (χ3v) is 17.7. The van der Waals surface area contributed by atoms with Crippen molar-refractivity contribution in [2.75, 3.05) is 7.05 Å². The minimum atomic E-state index is -1.18. The van der Waals surface area contributed by atoms with Crippen molar-refractivity contribution in [3.8, 4) is 6.07 Å². The fourth-order valence-corrected chi connectivity index (χ4v) is 14.2. The first-order chi connectivity index (χ1) is 25.9.